The summed E-state index contributed by atoms with van der Waals surface area (Å²) in [7, 11) is -4.37. The monoisotopic (exact) mass is 460 g/mol. The summed E-state index contributed by atoms with van der Waals surface area (Å²) in [6.45, 7) is 8.71. The topological polar surface area (TPSA) is 119 Å². The van der Waals surface area contributed by atoms with Crippen LogP contribution in [0.1, 0.15) is 50.3 Å². The Morgan fingerprint density at radius 2 is 1.66 bits per heavy atom. The van der Waals surface area contributed by atoms with Crippen LogP contribution in [0.5, 0.6) is 0 Å². The van der Waals surface area contributed by atoms with Crippen LogP contribution in [0.15, 0.2) is 54.6 Å². The van der Waals surface area contributed by atoms with Crippen molar-refractivity contribution in [3.05, 3.63) is 71.3 Å². The number of hydrogen-bond donors (Lipinski definition) is 3. The molecule has 32 heavy (non-hydrogen) atoms. The van der Waals surface area contributed by atoms with Gasteiger partial charge in [-0.2, -0.15) is 0 Å². The number of amides is 2. The molecule has 2 aromatic carbocycles. The quantitative estimate of drug-likeness (QED) is 0.507. The van der Waals surface area contributed by atoms with Gasteiger partial charge in [0.1, 0.15) is 17.0 Å². The summed E-state index contributed by atoms with van der Waals surface area (Å²) in [5.41, 5.74) is 5.92. The normalized spacial score (nSPS) is 16.3. The first-order valence-corrected chi connectivity index (χ1v) is 12.3. The highest BCUT2D eigenvalue weighted by Gasteiger charge is 2.47. The maximum Gasteiger partial charge on any atom is 0.408 e. The fourth-order valence-corrected chi connectivity index (χ4v) is 5.88. The van der Waals surface area contributed by atoms with Crippen molar-refractivity contribution < 1.29 is 23.8 Å². The molecule has 8 heteroatoms. The highest BCUT2D eigenvalue weighted by atomic mass is 31.2. The van der Waals surface area contributed by atoms with Gasteiger partial charge in [-0.05, 0) is 38.8 Å². The fraction of sp³-hybridized carbons (Fsp3) is 0.417. The molecular weight excluding hydrogens is 427 g/mol. The van der Waals surface area contributed by atoms with Gasteiger partial charge in [-0.15, -0.1) is 0 Å². The summed E-state index contributed by atoms with van der Waals surface area (Å²) in [6, 6.07) is 16.3. The second kappa shape index (κ2) is 10.3. The molecule has 0 aromatic heterocycles. The summed E-state index contributed by atoms with van der Waals surface area (Å²) in [4.78, 5) is 36.2. The minimum atomic E-state index is -4.37. The lowest BCUT2D eigenvalue weighted by atomic mass is 9.96. The van der Waals surface area contributed by atoms with E-state index in [4.69, 9.17) is 10.5 Å². The van der Waals surface area contributed by atoms with Crippen LogP contribution in [0.2, 0.25) is 0 Å². The molecule has 0 aliphatic carbocycles. The van der Waals surface area contributed by atoms with Crippen molar-refractivity contribution in [1.29, 1.82) is 0 Å². The maximum absolute atomic E-state index is 13.8. The number of nitrogens with one attached hydrogen (secondary N) is 1. The first-order chi connectivity index (χ1) is 14.8. The predicted molar refractivity (Wildman–Crippen MR) is 126 cm³/mol. The SMILES string of the molecule is Cc1ccc(C(C)C(C(N)=O)P(=O)(O)[C@H](Cc2ccccc2)NC(=O)OC(C)(C)C)cc1. The average Bonchev–Trinajstić information content (AvgIpc) is 2.67. The van der Waals surface area contributed by atoms with Crippen LogP contribution < -0.4 is 11.1 Å². The number of carbonyl (C=O) groups excluding carboxylic acids is 2. The molecule has 0 saturated heterocycles. The van der Waals surface area contributed by atoms with Gasteiger partial charge < -0.3 is 20.7 Å². The lowest BCUT2D eigenvalue weighted by Crippen LogP contribution is -2.45. The Labute approximate surface area is 189 Å². The van der Waals surface area contributed by atoms with Gasteiger partial charge in [0.15, 0.2) is 0 Å². The van der Waals surface area contributed by atoms with Crippen molar-refractivity contribution in [3.63, 3.8) is 0 Å². The largest absolute Gasteiger partial charge is 0.444 e. The van der Waals surface area contributed by atoms with Gasteiger partial charge in [-0.25, -0.2) is 4.79 Å². The molecule has 7 nitrogen and oxygen atoms in total. The third-order valence-corrected chi connectivity index (χ3v) is 7.87. The van der Waals surface area contributed by atoms with Gasteiger partial charge >= 0.3 is 6.09 Å². The zero-order chi connectivity index (χ0) is 24.1. The Hall–Kier alpha value is -2.63. The molecule has 0 spiro atoms. The summed E-state index contributed by atoms with van der Waals surface area (Å²) < 4.78 is 19.1. The van der Waals surface area contributed by atoms with Crippen LogP contribution in [0.3, 0.4) is 0 Å². The van der Waals surface area contributed by atoms with Crippen LogP contribution in [0.4, 0.5) is 4.79 Å². The maximum atomic E-state index is 13.8. The highest BCUT2D eigenvalue weighted by molar-refractivity contribution is 7.60. The van der Waals surface area contributed by atoms with E-state index >= 15 is 0 Å². The molecule has 0 heterocycles. The molecule has 4 N–H and O–H groups in total. The summed E-state index contributed by atoms with van der Waals surface area (Å²) in [5.74, 6) is -2.79. The van der Waals surface area contributed by atoms with E-state index < -0.39 is 42.3 Å². The Morgan fingerprint density at radius 1 is 1.09 bits per heavy atom. The molecule has 3 unspecified atom stereocenters. The van der Waals surface area contributed by atoms with E-state index in [1.165, 1.54) is 0 Å². The molecule has 0 aliphatic heterocycles. The molecule has 2 amide bonds. The first kappa shape index (κ1) is 25.6. The summed E-state index contributed by atoms with van der Waals surface area (Å²) in [6.07, 6.45) is -0.794. The van der Waals surface area contributed by atoms with Gasteiger partial charge in [0, 0.05) is 12.3 Å². The lowest BCUT2D eigenvalue weighted by Gasteiger charge is -2.33. The van der Waals surface area contributed by atoms with Crippen molar-refractivity contribution >= 4 is 19.4 Å². The number of primary amides is 1. The molecule has 0 saturated carbocycles. The molecule has 4 atom stereocenters. The summed E-state index contributed by atoms with van der Waals surface area (Å²) in [5, 5.41) is 2.53. The van der Waals surface area contributed by atoms with Crippen LogP contribution in [-0.2, 0) is 20.5 Å². The third-order valence-electron chi connectivity index (χ3n) is 5.17. The zero-order valence-electron chi connectivity index (χ0n) is 19.2. The molecule has 0 radical (unpaired) electrons. The minimum Gasteiger partial charge on any atom is -0.444 e. The standard InChI is InChI=1S/C24H33N2O5P/c1-16-11-13-19(14-12-16)17(2)21(22(25)27)32(29,30)20(15-18-9-7-6-8-10-18)26-23(28)31-24(3,4)5/h6-14,17,20-21H,15H2,1-5H3,(H2,25,27)(H,26,28)(H,29,30)/t17?,20-,21?/m1/s1. The molecular formula is C24H33N2O5P. The van der Waals surface area contributed by atoms with E-state index in [9.17, 15) is 19.0 Å². The zero-order valence-corrected chi connectivity index (χ0v) is 20.1. The number of alkyl carbamates (subject to hydrolysis) is 1. The minimum absolute atomic E-state index is 0.0399. The van der Waals surface area contributed by atoms with E-state index in [-0.39, 0.29) is 6.42 Å². The van der Waals surface area contributed by atoms with E-state index in [1.807, 2.05) is 37.3 Å². The van der Waals surface area contributed by atoms with Gasteiger partial charge in [-0.1, -0.05) is 67.1 Å². The fourth-order valence-electron chi connectivity index (χ4n) is 3.55. The number of carbonyl (C=O) groups is 2. The smallest absolute Gasteiger partial charge is 0.408 e. The number of nitrogens with two attached hydrogens (primary N) is 1. The molecule has 0 fully saturated rings. The van der Waals surface area contributed by atoms with Crippen LogP contribution >= 0.6 is 7.37 Å². The Morgan fingerprint density at radius 3 is 2.16 bits per heavy atom. The Bertz CT molecular complexity index is 970. The predicted octanol–water partition coefficient (Wildman–Crippen LogP) is 4.32. The van der Waals surface area contributed by atoms with E-state index in [1.54, 1.807) is 52.0 Å². The van der Waals surface area contributed by atoms with E-state index in [0.717, 1.165) is 11.1 Å². The Kier molecular flexibility index (Phi) is 8.27. The first-order valence-electron chi connectivity index (χ1n) is 10.5. The molecule has 174 valence electrons. The van der Waals surface area contributed by atoms with Crippen molar-refractivity contribution in [2.24, 2.45) is 5.73 Å². The number of hydrogen-bond acceptors (Lipinski definition) is 4. The van der Waals surface area contributed by atoms with Gasteiger partial charge in [0.05, 0.1) is 0 Å². The number of benzene rings is 2. The second-order valence-electron chi connectivity index (χ2n) is 9.07. The van der Waals surface area contributed by atoms with Gasteiger partial charge in [0.25, 0.3) is 0 Å². The van der Waals surface area contributed by atoms with Crippen molar-refractivity contribution in [2.75, 3.05) is 0 Å². The Balaban J connectivity index is 2.43. The van der Waals surface area contributed by atoms with E-state index in [2.05, 4.69) is 5.32 Å². The molecule has 0 aliphatic rings. The molecule has 2 aromatic rings. The van der Waals surface area contributed by atoms with E-state index in [0.29, 0.717) is 5.56 Å². The van der Waals surface area contributed by atoms with Crippen molar-refractivity contribution in [2.45, 2.75) is 64.0 Å². The van der Waals surface area contributed by atoms with Crippen LogP contribution in [0, 0.1) is 6.92 Å². The molecule has 0 bridgehead atoms. The van der Waals surface area contributed by atoms with Gasteiger partial charge in [0.2, 0.25) is 13.3 Å². The number of ether oxygens (including phenoxy) is 1. The highest BCUT2D eigenvalue weighted by Crippen LogP contribution is 2.55. The van der Waals surface area contributed by atoms with Crippen LogP contribution in [-0.4, -0.2) is 33.9 Å². The average molecular weight is 461 g/mol. The third kappa shape index (κ3) is 6.94. The second-order valence-corrected chi connectivity index (χ2v) is 11.6. The molecule has 2 rings (SSSR count). The number of aryl methyl sites for hydroxylation is 1. The van der Waals surface area contributed by atoms with Gasteiger partial charge in [-0.3, -0.25) is 9.36 Å². The summed E-state index contributed by atoms with van der Waals surface area (Å²) >= 11 is 0. The van der Waals surface area contributed by atoms with Crippen molar-refractivity contribution in [1.82, 2.24) is 5.32 Å². The van der Waals surface area contributed by atoms with Crippen LogP contribution in [0.25, 0.3) is 0 Å². The van der Waals surface area contributed by atoms with Crippen molar-refractivity contribution in [3.8, 4) is 0 Å². The lowest BCUT2D eigenvalue weighted by molar-refractivity contribution is -0.118. The number of rotatable bonds is 8.